The predicted octanol–water partition coefficient (Wildman–Crippen LogP) is 2.48. The van der Waals surface area contributed by atoms with Crippen molar-refractivity contribution in [3.63, 3.8) is 0 Å². The summed E-state index contributed by atoms with van der Waals surface area (Å²) in [6.45, 7) is 4.66. The van der Waals surface area contributed by atoms with E-state index >= 15 is 0 Å². The number of rotatable bonds is 3. The highest BCUT2D eigenvalue weighted by molar-refractivity contribution is 5.95. The third-order valence-electron chi connectivity index (χ3n) is 5.67. The van der Waals surface area contributed by atoms with E-state index in [1.54, 1.807) is 30.0 Å². The van der Waals surface area contributed by atoms with E-state index in [0.29, 0.717) is 31.7 Å². The van der Waals surface area contributed by atoms with Crippen molar-refractivity contribution < 1.29 is 14.3 Å². The van der Waals surface area contributed by atoms with Crippen LogP contribution in [0.25, 0.3) is 0 Å². The van der Waals surface area contributed by atoms with Crippen LogP contribution in [0.1, 0.15) is 29.4 Å². The monoisotopic (exact) mass is 394 g/mol. The van der Waals surface area contributed by atoms with Crippen LogP contribution in [0.2, 0.25) is 0 Å². The third-order valence-corrected chi connectivity index (χ3v) is 5.67. The molecule has 1 saturated heterocycles. The van der Waals surface area contributed by atoms with Gasteiger partial charge in [0.2, 0.25) is 5.91 Å². The molecule has 7 nitrogen and oxygen atoms in total. The topological polar surface area (TPSA) is 66.0 Å². The summed E-state index contributed by atoms with van der Waals surface area (Å²) in [6.07, 6.45) is 3.58. The van der Waals surface area contributed by atoms with Crippen LogP contribution in [-0.2, 0) is 11.2 Å². The average Bonchev–Trinajstić information content (AvgIpc) is 2.77. The first-order valence-corrected chi connectivity index (χ1v) is 10.0. The van der Waals surface area contributed by atoms with E-state index in [0.717, 1.165) is 42.2 Å². The summed E-state index contributed by atoms with van der Waals surface area (Å²) in [4.78, 5) is 35.0. The zero-order chi connectivity index (χ0) is 20.4. The van der Waals surface area contributed by atoms with Crippen LogP contribution >= 0.6 is 0 Å². The lowest BCUT2D eigenvalue weighted by Gasteiger charge is -2.35. The molecule has 0 spiro atoms. The first-order valence-electron chi connectivity index (χ1n) is 10.0. The first-order chi connectivity index (χ1) is 14.1. The summed E-state index contributed by atoms with van der Waals surface area (Å²) in [6, 6.07) is 9.87. The molecule has 4 rings (SSSR count). The van der Waals surface area contributed by atoms with Gasteiger partial charge in [0.1, 0.15) is 5.75 Å². The van der Waals surface area contributed by atoms with Crippen molar-refractivity contribution in [3.05, 3.63) is 47.8 Å². The molecular formula is C22H26N4O3. The molecule has 0 radical (unpaired) electrons. The maximum atomic E-state index is 13.1. The molecule has 2 aliphatic heterocycles. The Labute approximate surface area is 170 Å². The molecule has 0 N–H and O–H groups in total. The van der Waals surface area contributed by atoms with Crippen molar-refractivity contribution >= 4 is 23.2 Å². The Hall–Kier alpha value is -3.09. The minimum Gasteiger partial charge on any atom is -0.495 e. The average molecular weight is 394 g/mol. The number of aromatic nitrogens is 1. The Balaban J connectivity index is 1.60. The number of hydrogen-bond donors (Lipinski definition) is 0. The van der Waals surface area contributed by atoms with Crippen molar-refractivity contribution in [2.75, 3.05) is 44.7 Å². The fourth-order valence-electron chi connectivity index (χ4n) is 4.06. The number of anilines is 2. The van der Waals surface area contributed by atoms with Crippen molar-refractivity contribution in [2.45, 2.75) is 19.8 Å². The minimum atomic E-state index is -0.0333. The number of ether oxygens (including phenoxy) is 1. The molecule has 1 aromatic carbocycles. The van der Waals surface area contributed by atoms with Crippen LogP contribution in [-0.4, -0.2) is 66.4 Å². The fourth-order valence-corrected chi connectivity index (χ4v) is 4.06. The van der Waals surface area contributed by atoms with Gasteiger partial charge in [0, 0.05) is 45.8 Å². The van der Waals surface area contributed by atoms with Gasteiger partial charge in [0.15, 0.2) is 0 Å². The van der Waals surface area contributed by atoms with Crippen LogP contribution < -0.4 is 9.64 Å². The van der Waals surface area contributed by atoms with E-state index in [9.17, 15) is 9.59 Å². The largest absolute Gasteiger partial charge is 0.495 e. The number of piperazine rings is 1. The molecule has 2 aromatic rings. The number of nitrogens with zero attached hydrogens (tertiary/aromatic N) is 4. The number of pyridine rings is 1. The smallest absolute Gasteiger partial charge is 0.255 e. The predicted molar refractivity (Wildman–Crippen MR) is 111 cm³/mol. The van der Waals surface area contributed by atoms with Gasteiger partial charge < -0.3 is 19.4 Å². The molecule has 2 aliphatic rings. The Morgan fingerprint density at radius 2 is 1.72 bits per heavy atom. The number of methoxy groups -OCH3 is 1. The molecule has 1 aromatic heterocycles. The van der Waals surface area contributed by atoms with E-state index in [1.807, 2.05) is 30.3 Å². The van der Waals surface area contributed by atoms with Crippen molar-refractivity contribution in [1.29, 1.82) is 0 Å². The Kier molecular flexibility index (Phi) is 5.38. The van der Waals surface area contributed by atoms with Gasteiger partial charge in [-0.05, 0) is 31.0 Å². The van der Waals surface area contributed by atoms with Gasteiger partial charge >= 0.3 is 0 Å². The molecule has 152 valence electrons. The zero-order valence-corrected chi connectivity index (χ0v) is 16.9. The highest BCUT2D eigenvalue weighted by Gasteiger charge is 2.27. The molecule has 0 atom stereocenters. The van der Waals surface area contributed by atoms with E-state index in [2.05, 4.69) is 9.88 Å². The second kappa shape index (κ2) is 8.11. The summed E-state index contributed by atoms with van der Waals surface area (Å²) < 4.78 is 5.55. The van der Waals surface area contributed by atoms with Gasteiger partial charge in [0.25, 0.3) is 5.91 Å². The lowest BCUT2D eigenvalue weighted by molar-refractivity contribution is -0.130. The maximum absolute atomic E-state index is 13.1. The number of amides is 2. The fraction of sp³-hybridized carbons (Fsp3) is 0.409. The molecule has 0 bridgehead atoms. The van der Waals surface area contributed by atoms with Crippen molar-refractivity contribution in [2.24, 2.45) is 0 Å². The second-order valence-corrected chi connectivity index (χ2v) is 7.42. The van der Waals surface area contributed by atoms with Crippen LogP contribution in [0.5, 0.6) is 5.75 Å². The van der Waals surface area contributed by atoms with Gasteiger partial charge in [-0.1, -0.05) is 12.1 Å². The van der Waals surface area contributed by atoms with Crippen LogP contribution in [0.3, 0.4) is 0 Å². The van der Waals surface area contributed by atoms with E-state index in [4.69, 9.17) is 4.74 Å². The maximum Gasteiger partial charge on any atom is 0.255 e. The number of aryl methyl sites for hydroxylation is 1. The Bertz CT molecular complexity index is 922. The summed E-state index contributed by atoms with van der Waals surface area (Å²) in [7, 11) is 1.67. The number of para-hydroxylation sites is 2. The Morgan fingerprint density at radius 3 is 2.45 bits per heavy atom. The van der Waals surface area contributed by atoms with Gasteiger partial charge in [-0.15, -0.1) is 0 Å². The quantitative estimate of drug-likeness (QED) is 0.800. The number of carbonyl (C=O) groups is 2. The molecule has 0 saturated carbocycles. The van der Waals surface area contributed by atoms with Gasteiger partial charge in [-0.3, -0.25) is 14.6 Å². The number of benzene rings is 1. The van der Waals surface area contributed by atoms with Gasteiger partial charge in [-0.2, -0.15) is 0 Å². The number of carbonyl (C=O) groups excluding carboxylic acids is 2. The number of fused-ring (bicyclic) bond motifs is 1. The van der Waals surface area contributed by atoms with E-state index in [1.165, 1.54) is 0 Å². The summed E-state index contributed by atoms with van der Waals surface area (Å²) in [5, 5.41) is 0. The van der Waals surface area contributed by atoms with E-state index in [-0.39, 0.29) is 11.8 Å². The molecule has 3 heterocycles. The summed E-state index contributed by atoms with van der Waals surface area (Å²) in [5.41, 5.74) is 3.54. The first kappa shape index (κ1) is 19.2. The normalized spacial score (nSPS) is 16.4. The van der Waals surface area contributed by atoms with Crippen molar-refractivity contribution in [1.82, 2.24) is 14.8 Å². The SMILES string of the molecule is COc1ccccc1N1CCCc2ncc(C(=O)N3CCN(C(C)=O)CC3)cc21. The minimum absolute atomic E-state index is 0.0333. The van der Waals surface area contributed by atoms with Crippen molar-refractivity contribution in [3.8, 4) is 5.75 Å². The lowest BCUT2D eigenvalue weighted by atomic mass is 10.0. The van der Waals surface area contributed by atoms with Crippen LogP contribution in [0, 0.1) is 0 Å². The highest BCUT2D eigenvalue weighted by atomic mass is 16.5. The highest BCUT2D eigenvalue weighted by Crippen LogP contribution is 2.38. The molecule has 0 unspecified atom stereocenters. The molecule has 1 fully saturated rings. The zero-order valence-electron chi connectivity index (χ0n) is 16.9. The Morgan fingerprint density at radius 1 is 1.00 bits per heavy atom. The summed E-state index contributed by atoms with van der Waals surface area (Å²) in [5.74, 6) is 0.825. The van der Waals surface area contributed by atoms with Crippen LogP contribution in [0.4, 0.5) is 11.4 Å². The van der Waals surface area contributed by atoms with Gasteiger partial charge in [-0.25, -0.2) is 0 Å². The second-order valence-electron chi connectivity index (χ2n) is 7.42. The third kappa shape index (κ3) is 3.77. The molecule has 0 aliphatic carbocycles. The molecular weight excluding hydrogens is 368 g/mol. The molecule has 7 heteroatoms. The standard InChI is InChI=1S/C22H26N4O3/c1-16(27)24-10-12-25(13-11-24)22(28)17-14-20-18(23-15-17)6-5-9-26(20)19-7-3-4-8-21(19)29-2/h3-4,7-8,14-15H,5-6,9-13H2,1-2H3. The number of hydrogen-bond acceptors (Lipinski definition) is 5. The molecule has 29 heavy (non-hydrogen) atoms. The van der Waals surface area contributed by atoms with Crippen LogP contribution in [0.15, 0.2) is 36.5 Å². The van der Waals surface area contributed by atoms with E-state index < -0.39 is 0 Å². The summed E-state index contributed by atoms with van der Waals surface area (Å²) >= 11 is 0. The molecule has 2 amide bonds. The lowest BCUT2D eigenvalue weighted by Crippen LogP contribution is -2.50. The van der Waals surface area contributed by atoms with Gasteiger partial charge in [0.05, 0.1) is 29.7 Å².